The average molecular weight is 273 g/mol. The van der Waals surface area contributed by atoms with Crippen LogP contribution in [0.2, 0.25) is 0 Å². The molecule has 0 N–H and O–H groups in total. The summed E-state index contributed by atoms with van der Waals surface area (Å²) >= 11 is 12.1. The number of halogens is 2. The normalized spacial score (nSPS) is 31.2. The van der Waals surface area contributed by atoms with Gasteiger partial charge in [0.15, 0.2) is 0 Å². The molecule has 1 saturated carbocycles. The predicted octanol–water partition coefficient (Wildman–Crippen LogP) is 3.78. The largest absolute Gasteiger partial charge is 0.355 e. The lowest BCUT2D eigenvalue weighted by Gasteiger charge is -2.23. The molecule has 0 radical (unpaired) electrons. The van der Waals surface area contributed by atoms with Crippen molar-refractivity contribution < 1.29 is 9.47 Å². The van der Waals surface area contributed by atoms with Crippen LogP contribution >= 0.6 is 23.2 Å². The zero-order valence-electron chi connectivity index (χ0n) is 9.36. The first-order valence-electron chi connectivity index (χ1n) is 5.84. The van der Waals surface area contributed by atoms with Crippen LogP contribution in [0.25, 0.3) is 0 Å². The highest BCUT2D eigenvalue weighted by molar-refractivity contribution is 6.51. The third kappa shape index (κ3) is 2.45. The first-order chi connectivity index (χ1) is 8.17. The smallest absolute Gasteiger partial charge is 0.147 e. The second kappa shape index (κ2) is 4.43. The van der Waals surface area contributed by atoms with Crippen molar-refractivity contribution in [2.24, 2.45) is 0 Å². The summed E-state index contributed by atoms with van der Waals surface area (Å²) in [4.78, 5) is 0. The number of benzene rings is 1. The Kier molecular flexibility index (Phi) is 3.07. The molecular formula is C13H14Cl2O2. The van der Waals surface area contributed by atoms with Crippen LogP contribution in [0.3, 0.4) is 0 Å². The molecule has 0 bridgehead atoms. The van der Waals surface area contributed by atoms with Gasteiger partial charge in [-0.15, -0.1) is 23.2 Å². The molecule has 2 aliphatic rings. The second-order valence-corrected chi connectivity index (χ2v) is 6.20. The molecule has 1 aromatic carbocycles. The molecular weight excluding hydrogens is 259 g/mol. The maximum atomic E-state index is 6.05. The van der Waals surface area contributed by atoms with Crippen molar-refractivity contribution in [1.82, 2.24) is 0 Å². The van der Waals surface area contributed by atoms with E-state index >= 15 is 0 Å². The average Bonchev–Trinajstić information content (AvgIpc) is 3.00. The van der Waals surface area contributed by atoms with E-state index in [0.717, 1.165) is 19.4 Å². The summed E-state index contributed by atoms with van der Waals surface area (Å²) in [5.74, 6) is 0.287. The Bertz CT molecular complexity index is 396. The molecule has 0 spiro atoms. The topological polar surface area (TPSA) is 18.5 Å². The molecule has 1 aliphatic carbocycles. The number of hydrogen-bond acceptors (Lipinski definition) is 2. The zero-order chi connectivity index (χ0) is 11.9. The second-order valence-electron chi connectivity index (χ2n) is 4.65. The zero-order valence-corrected chi connectivity index (χ0v) is 10.9. The molecule has 92 valence electrons. The molecule has 2 nitrogen and oxygen atoms in total. The summed E-state index contributed by atoms with van der Waals surface area (Å²) < 4.78 is 10.2. The van der Waals surface area contributed by atoms with Crippen molar-refractivity contribution in [3.8, 4) is 0 Å². The molecule has 3 rings (SSSR count). The maximum Gasteiger partial charge on any atom is 0.147 e. The van der Waals surface area contributed by atoms with E-state index in [-0.39, 0.29) is 12.0 Å². The first kappa shape index (κ1) is 11.8. The number of alkyl halides is 2. The highest BCUT2D eigenvalue weighted by Gasteiger charge is 2.52. The van der Waals surface area contributed by atoms with Gasteiger partial charge in [-0.3, -0.25) is 0 Å². The van der Waals surface area contributed by atoms with E-state index in [9.17, 15) is 0 Å². The van der Waals surface area contributed by atoms with E-state index in [2.05, 4.69) is 24.3 Å². The van der Waals surface area contributed by atoms with Crippen LogP contribution in [-0.4, -0.2) is 17.7 Å². The quantitative estimate of drug-likeness (QED) is 0.763. The Morgan fingerprint density at radius 3 is 2.29 bits per heavy atom. The molecule has 2 fully saturated rings. The summed E-state index contributed by atoms with van der Waals surface area (Å²) in [6.07, 6.45) is 1.93. The molecule has 0 aromatic heterocycles. The van der Waals surface area contributed by atoms with Gasteiger partial charge in [-0.25, -0.2) is 0 Å². The van der Waals surface area contributed by atoms with E-state index in [0.29, 0.717) is 6.79 Å². The van der Waals surface area contributed by atoms with Crippen LogP contribution in [0.4, 0.5) is 0 Å². The molecule has 1 aliphatic heterocycles. The van der Waals surface area contributed by atoms with Gasteiger partial charge in [0, 0.05) is 12.3 Å². The van der Waals surface area contributed by atoms with E-state index in [1.165, 1.54) is 11.1 Å². The Morgan fingerprint density at radius 1 is 1.12 bits per heavy atom. The van der Waals surface area contributed by atoms with Gasteiger partial charge in [-0.05, 0) is 17.5 Å². The Hall–Kier alpha value is -0.280. The lowest BCUT2D eigenvalue weighted by atomic mass is 10.0. The first-order valence-corrected chi connectivity index (χ1v) is 6.59. The summed E-state index contributed by atoms with van der Waals surface area (Å²) in [6.45, 7) is 1.16. The van der Waals surface area contributed by atoms with Crippen LogP contribution < -0.4 is 0 Å². The third-order valence-electron chi connectivity index (χ3n) is 3.41. The lowest BCUT2D eigenvalue weighted by molar-refractivity contribution is -0.140. The van der Waals surface area contributed by atoms with E-state index in [4.69, 9.17) is 32.7 Å². The maximum absolute atomic E-state index is 6.05. The SMILES string of the molecule is ClC1(Cl)CC1c1ccc(C2CCOCO2)cc1. The van der Waals surface area contributed by atoms with Gasteiger partial charge in [-0.2, -0.15) is 0 Å². The fourth-order valence-corrected chi connectivity index (χ4v) is 2.80. The number of hydrogen-bond donors (Lipinski definition) is 0. The molecule has 1 heterocycles. The minimum Gasteiger partial charge on any atom is -0.355 e. The van der Waals surface area contributed by atoms with E-state index in [1.54, 1.807) is 0 Å². The molecule has 4 heteroatoms. The van der Waals surface area contributed by atoms with Crippen molar-refractivity contribution in [3.63, 3.8) is 0 Å². The molecule has 17 heavy (non-hydrogen) atoms. The van der Waals surface area contributed by atoms with Gasteiger partial charge in [0.1, 0.15) is 11.1 Å². The Labute approximate surface area is 111 Å². The predicted molar refractivity (Wildman–Crippen MR) is 67.5 cm³/mol. The van der Waals surface area contributed by atoms with Crippen LogP contribution in [-0.2, 0) is 9.47 Å². The summed E-state index contributed by atoms with van der Waals surface area (Å²) in [5, 5.41) is 0. The van der Waals surface area contributed by atoms with Gasteiger partial charge in [0.25, 0.3) is 0 Å². The molecule has 1 aromatic rings. The van der Waals surface area contributed by atoms with Crippen LogP contribution in [0.5, 0.6) is 0 Å². The minimum atomic E-state index is -0.545. The van der Waals surface area contributed by atoms with Crippen molar-refractivity contribution in [1.29, 1.82) is 0 Å². The Balaban J connectivity index is 1.72. The fraction of sp³-hybridized carbons (Fsp3) is 0.538. The molecule has 2 unspecified atom stereocenters. The number of rotatable bonds is 2. The van der Waals surface area contributed by atoms with Gasteiger partial charge >= 0.3 is 0 Å². The van der Waals surface area contributed by atoms with Crippen LogP contribution in [0.15, 0.2) is 24.3 Å². The van der Waals surface area contributed by atoms with Crippen molar-refractivity contribution >= 4 is 23.2 Å². The summed E-state index contributed by atoms with van der Waals surface area (Å²) in [6, 6.07) is 8.41. The van der Waals surface area contributed by atoms with Crippen molar-refractivity contribution in [2.75, 3.05) is 13.4 Å². The Morgan fingerprint density at radius 2 is 1.76 bits per heavy atom. The van der Waals surface area contributed by atoms with Gasteiger partial charge in [0.05, 0.1) is 12.7 Å². The van der Waals surface area contributed by atoms with E-state index in [1.807, 2.05) is 0 Å². The van der Waals surface area contributed by atoms with Gasteiger partial charge in [0.2, 0.25) is 0 Å². The summed E-state index contributed by atoms with van der Waals surface area (Å²) in [7, 11) is 0. The molecule has 1 saturated heterocycles. The van der Waals surface area contributed by atoms with Crippen LogP contribution in [0, 0.1) is 0 Å². The third-order valence-corrected chi connectivity index (χ3v) is 4.25. The van der Waals surface area contributed by atoms with Crippen molar-refractivity contribution in [3.05, 3.63) is 35.4 Å². The monoisotopic (exact) mass is 272 g/mol. The molecule has 2 atom stereocenters. The van der Waals surface area contributed by atoms with Gasteiger partial charge < -0.3 is 9.47 Å². The van der Waals surface area contributed by atoms with Gasteiger partial charge in [-0.1, -0.05) is 24.3 Å². The van der Waals surface area contributed by atoms with E-state index < -0.39 is 4.33 Å². The lowest BCUT2D eigenvalue weighted by Crippen LogP contribution is -2.16. The highest BCUT2D eigenvalue weighted by Crippen LogP contribution is 2.59. The van der Waals surface area contributed by atoms with Crippen LogP contribution in [0.1, 0.15) is 36.0 Å². The standard InChI is InChI=1S/C13H14Cl2O2/c14-13(15)7-11(13)9-1-3-10(4-2-9)12-5-6-16-8-17-12/h1-4,11-12H,5-8H2. The van der Waals surface area contributed by atoms with Crippen molar-refractivity contribution in [2.45, 2.75) is 29.2 Å². The minimum absolute atomic E-state index is 0.161. The number of ether oxygens (including phenoxy) is 2. The molecule has 0 amide bonds. The fourth-order valence-electron chi connectivity index (χ4n) is 2.24. The summed E-state index contributed by atoms with van der Waals surface area (Å²) in [5.41, 5.74) is 2.42. The highest BCUT2D eigenvalue weighted by atomic mass is 35.5.